The van der Waals surface area contributed by atoms with Gasteiger partial charge in [0.2, 0.25) is 0 Å². The Morgan fingerprint density at radius 1 is 1.14 bits per heavy atom. The number of hydrazone groups is 1. The highest BCUT2D eigenvalue weighted by atomic mass is 79.9. The molecule has 0 aliphatic carbocycles. The van der Waals surface area contributed by atoms with Gasteiger partial charge in [-0.3, -0.25) is 0 Å². The predicted octanol–water partition coefficient (Wildman–Crippen LogP) is 3.24. The molecule has 0 saturated carbocycles. The maximum atomic E-state index is 12.0. The second-order valence-corrected chi connectivity index (χ2v) is 7.18. The lowest BCUT2D eigenvalue weighted by Crippen LogP contribution is -2.18. The van der Waals surface area contributed by atoms with Gasteiger partial charge in [-0.15, -0.1) is 0 Å². The van der Waals surface area contributed by atoms with E-state index in [0.29, 0.717) is 0 Å². The minimum absolute atomic E-state index is 0.175. The molecular formula is C15H12BrN3O2S. The van der Waals surface area contributed by atoms with Crippen molar-refractivity contribution in [2.75, 3.05) is 0 Å². The summed E-state index contributed by atoms with van der Waals surface area (Å²) >= 11 is 3.41. The molecule has 0 aliphatic rings. The van der Waals surface area contributed by atoms with Crippen molar-refractivity contribution < 1.29 is 8.42 Å². The van der Waals surface area contributed by atoms with Crippen molar-refractivity contribution >= 4 is 43.1 Å². The van der Waals surface area contributed by atoms with E-state index < -0.39 is 10.0 Å². The van der Waals surface area contributed by atoms with Crippen LogP contribution in [0.5, 0.6) is 0 Å². The molecule has 3 rings (SSSR count). The van der Waals surface area contributed by atoms with Crippen LogP contribution >= 0.6 is 15.9 Å². The number of sulfonamides is 1. The van der Waals surface area contributed by atoms with Crippen LogP contribution in [0.4, 0.5) is 0 Å². The van der Waals surface area contributed by atoms with E-state index in [4.69, 9.17) is 0 Å². The molecule has 2 N–H and O–H groups in total. The Morgan fingerprint density at radius 2 is 1.91 bits per heavy atom. The average Bonchev–Trinajstić information content (AvgIpc) is 2.90. The molecule has 0 aliphatic heterocycles. The lowest BCUT2D eigenvalue weighted by molar-refractivity contribution is 0.584. The van der Waals surface area contributed by atoms with E-state index in [9.17, 15) is 8.42 Å². The Bertz CT molecular complexity index is 934. The number of hydrogen-bond acceptors (Lipinski definition) is 3. The van der Waals surface area contributed by atoms with Gasteiger partial charge in [0.05, 0.1) is 11.1 Å². The number of nitrogens with one attached hydrogen (secondary N) is 2. The van der Waals surface area contributed by atoms with Crippen molar-refractivity contribution in [2.45, 2.75) is 4.90 Å². The molecule has 1 aromatic heterocycles. The quantitative estimate of drug-likeness (QED) is 0.540. The topological polar surface area (TPSA) is 74.3 Å². The first-order valence-electron chi connectivity index (χ1n) is 6.43. The molecule has 0 amide bonds. The van der Waals surface area contributed by atoms with Gasteiger partial charge in [-0.2, -0.15) is 13.5 Å². The van der Waals surface area contributed by atoms with Crippen LogP contribution in [-0.2, 0) is 10.0 Å². The number of halogens is 1. The van der Waals surface area contributed by atoms with E-state index in [1.54, 1.807) is 24.4 Å². The van der Waals surface area contributed by atoms with Crippen molar-refractivity contribution in [3.8, 4) is 0 Å². The third kappa shape index (κ3) is 3.05. The Labute approximate surface area is 136 Å². The molecule has 0 unspecified atom stereocenters. The zero-order chi connectivity index (χ0) is 15.6. The van der Waals surface area contributed by atoms with E-state index in [1.165, 1.54) is 18.3 Å². The molecule has 22 heavy (non-hydrogen) atoms. The average molecular weight is 378 g/mol. The molecular weight excluding hydrogens is 366 g/mol. The maximum absolute atomic E-state index is 12.0. The second-order valence-electron chi connectivity index (χ2n) is 4.60. The van der Waals surface area contributed by atoms with E-state index >= 15 is 0 Å². The first-order valence-corrected chi connectivity index (χ1v) is 8.70. The Morgan fingerprint density at radius 3 is 2.68 bits per heavy atom. The highest BCUT2D eigenvalue weighted by Gasteiger charge is 2.11. The van der Waals surface area contributed by atoms with Gasteiger partial charge in [0.15, 0.2) is 0 Å². The standard InChI is InChI=1S/C15H12BrN3O2S/c16-12-6-7-15-14(8-12)11(9-17-15)10-18-19-22(20,21)13-4-2-1-3-5-13/h1-10,17,19H/b18-10+. The van der Waals surface area contributed by atoms with Crippen LogP contribution in [0, 0.1) is 0 Å². The second kappa shape index (κ2) is 5.94. The summed E-state index contributed by atoms with van der Waals surface area (Å²) in [5.41, 5.74) is 1.75. The summed E-state index contributed by atoms with van der Waals surface area (Å²) < 4.78 is 25.0. The SMILES string of the molecule is O=S(=O)(N/N=C/c1c[nH]c2ccc(Br)cc12)c1ccccc1. The Kier molecular flexibility index (Phi) is 4.00. The van der Waals surface area contributed by atoms with Crippen LogP contribution in [0.1, 0.15) is 5.56 Å². The maximum Gasteiger partial charge on any atom is 0.276 e. The largest absolute Gasteiger partial charge is 0.361 e. The van der Waals surface area contributed by atoms with Gasteiger partial charge in [-0.25, -0.2) is 4.83 Å². The van der Waals surface area contributed by atoms with Crippen molar-refractivity contribution in [3.63, 3.8) is 0 Å². The van der Waals surface area contributed by atoms with Gasteiger partial charge in [0, 0.05) is 27.1 Å². The van der Waals surface area contributed by atoms with Gasteiger partial charge in [0.1, 0.15) is 0 Å². The van der Waals surface area contributed by atoms with Crippen LogP contribution in [-0.4, -0.2) is 19.6 Å². The van der Waals surface area contributed by atoms with Gasteiger partial charge in [0.25, 0.3) is 10.0 Å². The molecule has 0 fully saturated rings. The Balaban J connectivity index is 1.84. The van der Waals surface area contributed by atoms with Crippen molar-refractivity contribution in [3.05, 3.63) is 64.8 Å². The van der Waals surface area contributed by atoms with Gasteiger partial charge in [-0.05, 0) is 30.3 Å². The number of fused-ring (bicyclic) bond motifs is 1. The highest BCUT2D eigenvalue weighted by molar-refractivity contribution is 9.10. The molecule has 2 aromatic carbocycles. The number of hydrogen-bond donors (Lipinski definition) is 2. The van der Waals surface area contributed by atoms with Crippen LogP contribution in [0.2, 0.25) is 0 Å². The summed E-state index contributed by atoms with van der Waals surface area (Å²) in [6, 6.07) is 13.9. The minimum atomic E-state index is -3.64. The summed E-state index contributed by atoms with van der Waals surface area (Å²) in [7, 11) is -3.64. The van der Waals surface area contributed by atoms with Crippen LogP contribution in [0.25, 0.3) is 10.9 Å². The number of nitrogens with zero attached hydrogens (tertiary/aromatic N) is 1. The summed E-state index contributed by atoms with van der Waals surface area (Å²) in [6.45, 7) is 0. The number of rotatable bonds is 4. The Hall–Kier alpha value is -2.12. The predicted molar refractivity (Wildman–Crippen MR) is 90.4 cm³/mol. The zero-order valence-corrected chi connectivity index (χ0v) is 13.7. The molecule has 7 heteroatoms. The van der Waals surface area contributed by atoms with Crippen molar-refractivity contribution in [2.24, 2.45) is 5.10 Å². The van der Waals surface area contributed by atoms with Gasteiger partial charge >= 0.3 is 0 Å². The van der Waals surface area contributed by atoms with Crippen molar-refractivity contribution in [1.29, 1.82) is 0 Å². The van der Waals surface area contributed by atoms with Gasteiger partial charge in [-0.1, -0.05) is 34.1 Å². The monoisotopic (exact) mass is 377 g/mol. The summed E-state index contributed by atoms with van der Waals surface area (Å²) in [5, 5.41) is 4.80. The van der Waals surface area contributed by atoms with E-state index in [1.807, 2.05) is 18.2 Å². The van der Waals surface area contributed by atoms with E-state index in [-0.39, 0.29) is 4.90 Å². The van der Waals surface area contributed by atoms with Crippen LogP contribution in [0.3, 0.4) is 0 Å². The molecule has 112 valence electrons. The van der Waals surface area contributed by atoms with Crippen LogP contribution < -0.4 is 4.83 Å². The first kappa shape index (κ1) is 14.8. The molecule has 1 heterocycles. The lowest BCUT2D eigenvalue weighted by atomic mass is 10.2. The fraction of sp³-hybridized carbons (Fsp3) is 0. The fourth-order valence-electron chi connectivity index (χ4n) is 2.04. The molecule has 0 bridgehead atoms. The smallest absolute Gasteiger partial charge is 0.276 e. The number of H-pyrrole nitrogens is 1. The highest BCUT2D eigenvalue weighted by Crippen LogP contribution is 2.21. The molecule has 5 nitrogen and oxygen atoms in total. The summed E-state index contributed by atoms with van der Waals surface area (Å²) in [6.07, 6.45) is 3.25. The zero-order valence-electron chi connectivity index (χ0n) is 11.3. The summed E-state index contributed by atoms with van der Waals surface area (Å²) in [4.78, 5) is 5.49. The third-order valence-corrected chi connectivity index (χ3v) is 4.84. The first-order chi connectivity index (χ1) is 10.6. The van der Waals surface area contributed by atoms with Crippen molar-refractivity contribution in [1.82, 2.24) is 9.82 Å². The van der Waals surface area contributed by atoms with Gasteiger partial charge < -0.3 is 4.98 Å². The molecule has 0 saturated heterocycles. The summed E-state index contributed by atoms with van der Waals surface area (Å²) in [5.74, 6) is 0. The normalized spacial score (nSPS) is 12.0. The third-order valence-electron chi connectivity index (χ3n) is 3.11. The van der Waals surface area contributed by atoms with E-state index in [2.05, 4.69) is 30.8 Å². The van der Waals surface area contributed by atoms with E-state index in [0.717, 1.165) is 20.9 Å². The lowest BCUT2D eigenvalue weighted by Gasteiger charge is -2.02. The molecule has 0 atom stereocenters. The fourth-order valence-corrected chi connectivity index (χ4v) is 3.21. The minimum Gasteiger partial charge on any atom is -0.361 e. The molecule has 0 spiro atoms. The number of benzene rings is 2. The molecule has 0 radical (unpaired) electrons. The molecule has 3 aromatic rings. The number of aromatic nitrogens is 1. The number of aromatic amines is 1. The van der Waals surface area contributed by atoms with Crippen LogP contribution in [0.15, 0.2) is 69.2 Å².